The highest BCUT2D eigenvalue weighted by molar-refractivity contribution is 7.10. The van der Waals surface area contributed by atoms with E-state index in [1.165, 1.54) is 11.3 Å². The monoisotopic (exact) mass is 193 g/mol. The first-order valence-corrected chi connectivity index (χ1v) is 5.29. The molecule has 1 N–H and O–H groups in total. The highest BCUT2D eigenvalue weighted by atomic mass is 32.1. The number of nitrogens with zero attached hydrogens (tertiary/aromatic N) is 1. The van der Waals surface area contributed by atoms with Gasteiger partial charge in [-0.3, -0.25) is 0 Å². The van der Waals surface area contributed by atoms with Crippen LogP contribution in [0.3, 0.4) is 0 Å². The molecular weight excluding hydrogens is 182 g/mol. The minimum Gasteiger partial charge on any atom is -0.386 e. The fourth-order valence-electron chi connectivity index (χ4n) is 1.72. The molecule has 0 saturated heterocycles. The van der Waals surface area contributed by atoms with E-state index >= 15 is 0 Å². The number of aliphatic hydroxyl groups excluding tert-OH is 1. The molecule has 2 rings (SSSR count). The van der Waals surface area contributed by atoms with Crippen molar-refractivity contribution >= 4 is 11.3 Å². The van der Waals surface area contributed by atoms with Crippen LogP contribution in [0.5, 0.6) is 0 Å². The van der Waals surface area contributed by atoms with E-state index in [-0.39, 0.29) is 0 Å². The zero-order chi connectivity index (χ0) is 9.31. The molecule has 1 unspecified atom stereocenters. The minimum absolute atomic E-state index is 0.481. The first-order valence-electron chi connectivity index (χ1n) is 4.41. The Kier molecular flexibility index (Phi) is 2.10. The Morgan fingerprint density at radius 3 is 2.77 bits per heavy atom. The Labute approximate surface area is 81.4 Å². The van der Waals surface area contributed by atoms with Crippen molar-refractivity contribution in [2.24, 2.45) is 5.41 Å². The third-order valence-corrected chi connectivity index (χ3v) is 3.73. The molecule has 1 aliphatic carbocycles. The maximum atomic E-state index is 9.97. The van der Waals surface area contributed by atoms with E-state index in [0.29, 0.717) is 0 Å². The van der Waals surface area contributed by atoms with Crippen LogP contribution in [0.1, 0.15) is 30.2 Å². The van der Waals surface area contributed by atoms with E-state index in [1.54, 1.807) is 0 Å². The van der Waals surface area contributed by atoms with Gasteiger partial charge in [-0.1, -0.05) is 12.5 Å². The van der Waals surface area contributed by atoms with Crippen molar-refractivity contribution in [2.75, 3.05) is 0 Å². The van der Waals surface area contributed by atoms with E-state index in [2.05, 4.69) is 6.07 Å². The minimum atomic E-state index is -0.578. The van der Waals surface area contributed by atoms with Crippen LogP contribution in [0, 0.1) is 16.7 Å². The number of rotatable bonds is 2. The van der Waals surface area contributed by atoms with Crippen LogP contribution in [0.4, 0.5) is 0 Å². The average Bonchev–Trinajstić information content (AvgIpc) is 2.54. The fourth-order valence-corrected chi connectivity index (χ4v) is 2.55. The van der Waals surface area contributed by atoms with Crippen LogP contribution < -0.4 is 0 Å². The van der Waals surface area contributed by atoms with Crippen molar-refractivity contribution in [2.45, 2.75) is 25.4 Å². The molecule has 3 heteroatoms. The number of hydrogen-bond donors (Lipinski definition) is 1. The maximum absolute atomic E-state index is 9.97. The molecule has 0 bridgehead atoms. The highest BCUT2D eigenvalue weighted by Crippen LogP contribution is 2.50. The topological polar surface area (TPSA) is 44.0 Å². The molecule has 1 aliphatic rings. The van der Waals surface area contributed by atoms with Crippen molar-refractivity contribution < 1.29 is 5.11 Å². The maximum Gasteiger partial charge on any atom is 0.107 e. The molecule has 0 radical (unpaired) electrons. The number of aliphatic hydroxyl groups is 1. The third kappa shape index (κ3) is 1.27. The Hall–Kier alpha value is -0.850. The van der Waals surface area contributed by atoms with Crippen molar-refractivity contribution in [3.8, 4) is 6.07 Å². The molecule has 1 aromatic rings. The van der Waals surface area contributed by atoms with E-state index in [1.807, 2.05) is 17.5 Å². The fraction of sp³-hybridized carbons (Fsp3) is 0.500. The zero-order valence-electron chi connectivity index (χ0n) is 7.23. The first kappa shape index (κ1) is 8.74. The van der Waals surface area contributed by atoms with Crippen LogP contribution in [0.25, 0.3) is 0 Å². The molecule has 0 spiro atoms. The van der Waals surface area contributed by atoms with Gasteiger partial charge in [0.2, 0.25) is 0 Å². The largest absolute Gasteiger partial charge is 0.386 e. The normalized spacial score (nSPS) is 21.5. The summed E-state index contributed by atoms with van der Waals surface area (Å²) >= 11 is 1.52. The van der Waals surface area contributed by atoms with Crippen LogP contribution in [-0.4, -0.2) is 5.11 Å². The van der Waals surface area contributed by atoms with E-state index in [9.17, 15) is 5.11 Å². The van der Waals surface area contributed by atoms with Gasteiger partial charge in [0.05, 0.1) is 11.5 Å². The zero-order valence-corrected chi connectivity index (χ0v) is 8.05. The van der Waals surface area contributed by atoms with E-state index < -0.39 is 11.5 Å². The first-order chi connectivity index (χ1) is 6.28. The van der Waals surface area contributed by atoms with Gasteiger partial charge in [-0.15, -0.1) is 11.3 Å². The molecule has 1 saturated carbocycles. The van der Waals surface area contributed by atoms with Crippen LogP contribution in [-0.2, 0) is 0 Å². The van der Waals surface area contributed by atoms with Gasteiger partial charge in [0.1, 0.15) is 6.10 Å². The average molecular weight is 193 g/mol. The molecule has 68 valence electrons. The number of hydrogen-bond acceptors (Lipinski definition) is 3. The lowest BCUT2D eigenvalue weighted by molar-refractivity contribution is 0.0104. The van der Waals surface area contributed by atoms with Crippen LogP contribution >= 0.6 is 11.3 Å². The molecule has 1 atom stereocenters. The van der Waals surface area contributed by atoms with Crippen LogP contribution in [0.15, 0.2) is 17.5 Å². The summed E-state index contributed by atoms with van der Waals surface area (Å²) in [6, 6.07) is 6.06. The van der Waals surface area contributed by atoms with Crippen LogP contribution in [0.2, 0.25) is 0 Å². The van der Waals surface area contributed by atoms with Gasteiger partial charge in [0.25, 0.3) is 0 Å². The van der Waals surface area contributed by atoms with Gasteiger partial charge in [0, 0.05) is 4.88 Å². The van der Waals surface area contributed by atoms with Crippen molar-refractivity contribution in [3.63, 3.8) is 0 Å². The summed E-state index contributed by atoms with van der Waals surface area (Å²) in [7, 11) is 0. The molecule has 0 aliphatic heterocycles. The van der Waals surface area contributed by atoms with Gasteiger partial charge in [-0.05, 0) is 24.3 Å². The Bertz CT molecular complexity index is 321. The lowest BCUT2D eigenvalue weighted by Gasteiger charge is -2.38. The lowest BCUT2D eigenvalue weighted by Crippen LogP contribution is -2.34. The molecule has 1 heterocycles. The molecule has 0 aromatic carbocycles. The molecule has 1 aromatic heterocycles. The van der Waals surface area contributed by atoms with Crippen molar-refractivity contribution in [3.05, 3.63) is 22.4 Å². The summed E-state index contributed by atoms with van der Waals surface area (Å²) in [5.41, 5.74) is -0.481. The van der Waals surface area contributed by atoms with Crippen molar-refractivity contribution in [1.29, 1.82) is 5.26 Å². The molecule has 0 amide bonds. The summed E-state index contributed by atoms with van der Waals surface area (Å²) in [4.78, 5) is 0.918. The molecule has 2 nitrogen and oxygen atoms in total. The van der Waals surface area contributed by atoms with Gasteiger partial charge in [0.15, 0.2) is 0 Å². The second-order valence-corrected chi connectivity index (χ2v) is 4.52. The Morgan fingerprint density at radius 2 is 2.38 bits per heavy atom. The summed E-state index contributed by atoms with van der Waals surface area (Å²) in [5, 5.41) is 20.9. The third-order valence-electron chi connectivity index (χ3n) is 2.80. The van der Waals surface area contributed by atoms with Crippen molar-refractivity contribution in [1.82, 2.24) is 0 Å². The van der Waals surface area contributed by atoms with E-state index in [4.69, 9.17) is 5.26 Å². The predicted molar refractivity (Wildman–Crippen MR) is 51.2 cm³/mol. The molecule has 13 heavy (non-hydrogen) atoms. The second-order valence-electron chi connectivity index (χ2n) is 3.54. The van der Waals surface area contributed by atoms with Gasteiger partial charge in [-0.25, -0.2) is 0 Å². The second kappa shape index (κ2) is 3.13. The quantitative estimate of drug-likeness (QED) is 0.784. The lowest BCUT2D eigenvalue weighted by atomic mass is 9.66. The molecule has 1 fully saturated rings. The Balaban J connectivity index is 2.22. The van der Waals surface area contributed by atoms with Gasteiger partial charge in [-0.2, -0.15) is 5.26 Å². The molecular formula is C10H11NOS. The summed E-state index contributed by atoms with van der Waals surface area (Å²) < 4.78 is 0. The van der Waals surface area contributed by atoms with Gasteiger partial charge >= 0.3 is 0 Å². The van der Waals surface area contributed by atoms with Gasteiger partial charge < -0.3 is 5.11 Å². The number of thiophene rings is 1. The highest BCUT2D eigenvalue weighted by Gasteiger charge is 2.44. The summed E-state index contributed by atoms with van der Waals surface area (Å²) in [6.07, 6.45) is 2.16. The SMILES string of the molecule is N#CC1(C(O)c2cccs2)CCC1. The number of nitriles is 1. The standard InChI is InChI=1S/C10H11NOS/c11-7-10(4-2-5-10)9(12)8-3-1-6-13-8/h1,3,6,9,12H,2,4-5H2. The predicted octanol–water partition coefficient (Wildman–Crippen LogP) is 2.48. The van der Waals surface area contributed by atoms with E-state index in [0.717, 1.165) is 24.1 Å². The smallest absolute Gasteiger partial charge is 0.107 e. The Morgan fingerprint density at radius 1 is 1.62 bits per heavy atom. The summed E-state index contributed by atoms with van der Waals surface area (Å²) in [5.74, 6) is 0. The summed E-state index contributed by atoms with van der Waals surface area (Å²) in [6.45, 7) is 0.